The molecule has 0 radical (unpaired) electrons. The molecule has 0 spiro atoms. The van der Waals surface area contributed by atoms with Crippen LogP contribution in [0.2, 0.25) is 0 Å². The van der Waals surface area contributed by atoms with Crippen LogP contribution in [0.4, 0.5) is 0 Å². The number of rotatable bonds is 10. The molecule has 1 rings (SSSR count). The molecule has 0 saturated carbocycles. The van der Waals surface area contributed by atoms with Gasteiger partial charge in [-0.05, 0) is 42.7 Å². The molecule has 1 aromatic carbocycles. The Balaban J connectivity index is 2.62. The van der Waals surface area contributed by atoms with Gasteiger partial charge in [0.25, 0.3) is 0 Å². The third-order valence-corrected chi connectivity index (χ3v) is 3.82. The lowest BCUT2D eigenvalue weighted by molar-refractivity contribution is 0.0393. The topological polar surface area (TPSA) is 46.5 Å². The van der Waals surface area contributed by atoms with E-state index in [9.17, 15) is 9.90 Å². The van der Waals surface area contributed by atoms with E-state index in [-0.39, 0.29) is 5.97 Å². The summed E-state index contributed by atoms with van der Waals surface area (Å²) in [5.41, 5.74) is 0.510. The summed E-state index contributed by atoms with van der Waals surface area (Å²) in [6.45, 7) is 5.64. The van der Waals surface area contributed by atoms with Gasteiger partial charge in [0.2, 0.25) is 0 Å². The van der Waals surface area contributed by atoms with Gasteiger partial charge in [-0.25, -0.2) is 4.79 Å². The van der Waals surface area contributed by atoms with Crippen molar-refractivity contribution >= 4 is 5.97 Å². The van der Waals surface area contributed by atoms with Gasteiger partial charge in [-0.3, -0.25) is 0 Å². The maximum atomic E-state index is 12.2. The smallest absolute Gasteiger partial charge is 0.339 e. The van der Waals surface area contributed by atoms with Crippen LogP contribution in [0.3, 0.4) is 0 Å². The van der Waals surface area contributed by atoms with Crippen molar-refractivity contribution in [3.8, 4) is 23.7 Å². The van der Waals surface area contributed by atoms with Gasteiger partial charge < -0.3 is 9.84 Å². The molecule has 0 aliphatic heterocycles. The number of benzene rings is 1. The van der Waals surface area contributed by atoms with Gasteiger partial charge in [-0.15, -0.1) is 0 Å². The van der Waals surface area contributed by atoms with Gasteiger partial charge in [-0.1, -0.05) is 75.8 Å². The SMILES string of the molecule is C=CC(O)C#CC#CC(CCCCCCCC)OC(=O)c1ccccc1. The largest absolute Gasteiger partial charge is 0.446 e. The van der Waals surface area contributed by atoms with Gasteiger partial charge in [0.05, 0.1) is 5.56 Å². The first kappa shape index (κ1) is 21.6. The molecule has 3 nitrogen and oxygen atoms in total. The van der Waals surface area contributed by atoms with Crippen LogP contribution in [0.5, 0.6) is 0 Å². The predicted molar refractivity (Wildman–Crippen MR) is 105 cm³/mol. The Labute approximate surface area is 157 Å². The monoisotopic (exact) mass is 352 g/mol. The molecule has 0 bridgehead atoms. The fourth-order valence-electron chi connectivity index (χ4n) is 2.33. The summed E-state index contributed by atoms with van der Waals surface area (Å²) in [7, 11) is 0. The Morgan fingerprint density at radius 3 is 2.46 bits per heavy atom. The second kappa shape index (κ2) is 13.8. The molecule has 0 aliphatic carbocycles. The minimum atomic E-state index is -0.895. The molecule has 0 aliphatic rings. The number of unbranched alkanes of at least 4 members (excludes halogenated alkanes) is 5. The Morgan fingerprint density at radius 1 is 1.12 bits per heavy atom. The number of carbonyl (C=O) groups excluding carboxylic acids is 1. The summed E-state index contributed by atoms with van der Waals surface area (Å²) in [4.78, 5) is 12.2. The molecule has 0 fully saturated rings. The molecule has 0 aromatic heterocycles. The van der Waals surface area contributed by atoms with E-state index >= 15 is 0 Å². The summed E-state index contributed by atoms with van der Waals surface area (Å²) in [5.74, 6) is 10.3. The van der Waals surface area contributed by atoms with Crippen LogP contribution in [0.25, 0.3) is 0 Å². The molecule has 0 heterocycles. The van der Waals surface area contributed by atoms with Gasteiger partial charge in [0.1, 0.15) is 6.10 Å². The second-order valence-corrected chi connectivity index (χ2v) is 6.04. The van der Waals surface area contributed by atoms with Crippen molar-refractivity contribution in [2.45, 2.75) is 64.1 Å². The number of aliphatic hydroxyl groups excluding tert-OH is 1. The minimum Gasteiger partial charge on any atom is -0.446 e. The average Bonchev–Trinajstić information content (AvgIpc) is 2.67. The van der Waals surface area contributed by atoms with Crippen molar-refractivity contribution in [2.24, 2.45) is 0 Å². The molecule has 1 aromatic rings. The van der Waals surface area contributed by atoms with E-state index in [1.165, 1.54) is 31.8 Å². The van der Waals surface area contributed by atoms with Gasteiger partial charge in [0, 0.05) is 0 Å². The number of hydrogen-bond donors (Lipinski definition) is 1. The highest BCUT2D eigenvalue weighted by molar-refractivity contribution is 5.89. The highest BCUT2D eigenvalue weighted by atomic mass is 16.5. The fraction of sp³-hybridized carbons (Fsp3) is 0.435. The molecule has 2 atom stereocenters. The average molecular weight is 352 g/mol. The quantitative estimate of drug-likeness (QED) is 0.291. The third kappa shape index (κ3) is 9.72. The van der Waals surface area contributed by atoms with Crippen LogP contribution in [-0.4, -0.2) is 23.3 Å². The molecule has 138 valence electrons. The van der Waals surface area contributed by atoms with E-state index in [2.05, 4.69) is 37.2 Å². The number of aliphatic hydroxyl groups is 1. The highest BCUT2D eigenvalue weighted by Gasteiger charge is 2.13. The normalized spacial score (nSPS) is 11.9. The Kier molecular flexibility index (Phi) is 11.4. The first-order valence-electron chi connectivity index (χ1n) is 9.25. The highest BCUT2D eigenvalue weighted by Crippen LogP contribution is 2.12. The zero-order valence-corrected chi connectivity index (χ0v) is 15.5. The van der Waals surface area contributed by atoms with Crippen LogP contribution in [0, 0.1) is 23.7 Å². The van der Waals surface area contributed by atoms with E-state index < -0.39 is 12.2 Å². The Bertz CT molecular complexity index is 655. The van der Waals surface area contributed by atoms with E-state index in [0.29, 0.717) is 12.0 Å². The molecule has 0 saturated heterocycles. The van der Waals surface area contributed by atoms with E-state index in [4.69, 9.17) is 4.74 Å². The van der Waals surface area contributed by atoms with Crippen molar-refractivity contribution in [1.82, 2.24) is 0 Å². The first-order chi connectivity index (χ1) is 12.7. The standard InChI is InChI=1S/C23H28O3/c1-3-5-6-7-8-12-18-22(19-14-13-17-21(24)4-2)26-23(25)20-15-10-9-11-16-20/h4,9-11,15-16,21-22,24H,2-3,5-8,12,18H2,1H3. The van der Waals surface area contributed by atoms with Crippen LogP contribution in [-0.2, 0) is 4.74 Å². The zero-order valence-electron chi connectivity index (χ0n) is 15.5. The molecule has 0 amide bonds. The molecular formula is C23H28O3. The van der Waals surface area contributed by atoms with E-state index in [1.54, 1.807) is 24.3 Å². The summed E-state index contributed by atoms with van der Waals surface area (Å²) in [5, 5.41) is 9.32. The van der Waals surface area contributed by atoms with Crippen molar-refractivity contribution in [1.29, 1.82) is 0 Å². The van der Waals surface area contributed by atoms with Crippen LogP contribution in [0.15, 0.2) is 43.0 Å². The van der Waals surface area contributed by atoms with Crippen LogP contribution < -0.4 is 0 Å². The zero-order chi connectivity index (χ0) is 19.0. The molecule has 26 heavy (non-hydrogen) atoms. The van der Waals surface area contributed by atoms with Gasteiger partial charge in [0.15, 0.2) is 6.10 Å². The van der Waals surface area contributed by atoms with Crippen molar-refractivity contribution in [2.75, 3.05) is 0 Å². The predicted octanol–water partition coefficient (Wildman–Crippen LogP) is 4.52. The summed E-state index contributed by atoms with van der Waals surface area (Å²) < 4.78 is 5.53. The number of esters is 1. The molecule has 2 unspecified atom stereocenters. The number of ether oxygens (including phenoxy) is 1. The molecular weight excluding hydrogens is 324 g/mol. The fourth-order valence-corrected chi connectivity index (χ4v) is 2.33. The lowest BCUT2D eigenvalue weighted by Gasteiger charge is -2.12. The molecule has 3 heteroatoms. The van der Waals surface area contributed by atoms with Crippen LogP contribution in [0.1, 0.15) is 62.2 Å². The Morgan fingerprint density at radius 2 is 1.77 bits per heavy atom. The Hall–Kier alpha value is -2.49. The van der Waals surface area contributed by atoms with E-state index in [0.717, 1.165) is 12.8 Å². The maximum Gasteiger partial charge on any atom is 0.339 e. The third-order valence-electron chi connectivity index (χ3n) is 3.82. The minimum absolute atomic E-state index is 0.380. The van der Waals surface area contributed by atoms with Gasteiger partial charge >= 0.3 is 5.97 Å². The lowest BCUT2D eigenvalue weighted by atomic mass is 10.1. The van der Waals surface area contributed by atoms with Crippen molar-refractivity contribution < 1.29 is 14.6 Å². The number of carbonyl (C=O) groups is 1. The van der Waals surface area contributed by atoms with Gasteiger partial charge in [-0.2, -0.15) is 0 Å². The summed E-state index contributed by atoms with van der Waals surface area (Å²) in [6, 6.07) is 8.89. The molecule has 1 N–H and O–H groups in total. The number of hydrogen-bond acceptors (Lipinski definition) is 3. The summed E-state index contributed by atoms with van der Waals surface area (Å²) in [6.07, 6.45) is 7.58. The summed E-state index contributed by atoms with van der Waals surface area (Å²) >= 11 is 0. The first-order valence-corrected chi connectivity index (χ1v) is 9.25. The van der Waals surface area contributed by atoms with Crippen molar-refractivity contribution in [3.05, 3.63) is 48.6 Å². The van der Waals surface area contributed by atoms with Crippen LogP contribution >= 0.6 is 0 Å². The lowest BCUT2D eigenvalue weighted by Crippen LogP contribution is -2.16. The maximum absolute atomic E-state index is 12.2. The second-order valence-electron chi connectivity index (χ2n) is 6.04. The van der Waals surface area contributed by atoms with E-state index in [1.807, 2.05) is 6.07 Å². The van der Waals surface area contributed by atoms with Crippen molar-refractivity contribution in [3.63, 3.8) is 0 Å².